The monoisotopic (exact) mass is 388 g/mol. The average molecular weight is 389 g/mol. The van der Waals surface area contributed by atoms with Crippen molar-refractivity contribution in [3.8, 4) is 0 Å². The molecule has 1 amide bonds. The average Bonchev–Trinajstić information content (AvgIpc) is 2.98. The molecule has 1 fully saturated rings. The first-order chi connectivity index (χ1) is 13.6. The standard InChI is InChI=1S/C22H36N4O2/c1-23-22(25-15-16-28-20-11-6-4-5-7-12-20)24-14-13-18-9-8-10-19(17-18)21(27)26(2)3/h8-10,17,20H,4-7,11-16H2,1-3H3,(H2,23,24,25). The molecule has 1 aliphatic carbocycles. The number of nitrogens with one attached hydrogen (secondary N) is 2. The number of ether oxygens (including phenoxy) is 1. The fourth-order valence-corrected chi connectivity index (χ4v) is 3.47. The minimum absolute atomic E-state index is 0.0287. The Labute approximate surface area is 169 Å². The summed E-state index contributed by atoms with van der Waals surface area (Å²) < 4.78 is 6.01. The summed E-state index contributed by atoms with van der Waals surface area (Å²) in [5, 5.41) is 6.63. The van der Waals surface area contributed by atoms with Crippen LogP contribution in [-0.2, 0) is 11.2 Å². The molecule has 28 heavy (non-hydrogen) atoms. The van der Waals surface area contributed by atoms with Crippen LogP contribution in [0.15, 0.2) is 29.3 Å². The first-order valence-electron chi connectivity index (χ1n) is 10.5. The van der Waals surface area contributed by atoms with E-state index in [1.54, 1.807) is 26.0 Å². The van der Waals surface area contributed by atoms with Gasteiger partial charge in [0.1, 0.15) is 0 Å². The molecule has 6 heteroatoms. The lowest BCUT2D eigenvalue weighted by atomic mass is 10.1. The molecule has 0 aliphatic heterocycles. The Morgan fingerprint density at radius 2 is 1.86 bits per heavy atom. The van der Waals surface area contributed by atoms with E-state index in [1.165, 1.54) is 38.5 Å². The topological polar surface area (TPSA) is 66.0 Å². The molecule has 1 aromatic rings. The highest BCUT2D eigenvalue weighted by atomic mass is 16.5. The van der Waals surface area contributed by atoms with Gasteiger partial charge in [0.25, 0.3) is 5.91 Å². The smallest absolute Gasteiger partial charge is 0.253 e. The Morgan fingerprint density at radius 1 is 1.14 bits per heavy atom. The highest BCUT2D eigenvalue weighted by Gasteiger charge is 2.12. The van der Waals surface area contributed by atoms with Crippen LogP contribution in [0.1, 0.15) is 54.4 Å². The number of guanidine groups is 1. The third kappa shape index (κ3) is 7.89. The lowest BCUT2D eigenvalue weighted by molar-refractivity contribution is 0.0468. The second kappa shape index (κ2) is 12.4. The molecule has 0 saturated heterocycles. The van der Waals surface area contributed by atoms with Crippen molar-refractivity contribution in [3.63, 3.8) is 0 Å². The summed E-state index contributed by atoms with van der Waals surface area (Å²) in [7, 11) is 5.31. The molecule has 6 nitrogen and oxygen atoms in total. The Bertz CT molecular complexity index is 623. The summed E-state index contributed by atoms with van der Waals surface area (Å²) in [4.78, 5) is 17.9. The number of carbonyl (C=O) groups excluding carboxylic acids is 1. The lowest BCUT2D eigenvalue weighted by Gasteiger charge is -2.17. The fraction of sp³-hybridized carbons (Fsp3) is 0.636. The van der Waals surface area contributed by atoms with Gasteiger partial charge < -0.3 is 20.3 Å². The van der Waals surface area contributed by atoms with Crippen LogP contribution in [0.5, 0.6) is 0 Å². The summed E-state index contributed by atoms with van der Waals surface area (Å²) in [5.41, 5.74) is 1.85. The van der Waals surface area contributed by atoms with Gasteiger partial charge in [0.15, 0.2) is 5.96 Å². The van der Waals surface area contributed by atoms with Gasteiger partial charge in [-0.2, -0.15) is 0 Å². The third-order valence-corrected chi connectivity index (χ3v) is 5.06. The lowest BCUT2D eigenvalue weighted by Crippen LogP contribution is -2.40. The third-order valence-electron chi connectivity index (χ3n) is 5.06. The molecule has 0 bridgehead atoms. The molecule has 2 rings (SSSR count). The number of rotatable bonds is 8. The Kier molecular flexibility index (Phi) is 9.83. The minimum Gasteiger partial charge on any atom is -0.376 e. The zero-order valence-electron chi connectivity index (χ0n) is 17.7. The van der Waals surface area contributed by atoms with Gasteiger partial charge in [0.05, 0.1) is 12.7 Å². The van der Waals surface area contributed by atoms with Crippen LogP contribution < -0.4 is 10.6 Å². The van der Waals surface area contributed by atoms with Crippen molar-refractivity contribution >= 4 is 11.9 Å². The van der Waals surface area contributed by atoms with Gasteiger partial charge in [0, 0.05) is 39.8 Å². The Balaban J connectivity index is 1.66. The summed E-state index contributed by atoms with van der Waals surface area (Å²) in [6.45, 7) is 2.21. The fourth-order valence-electron chi connectivity index (χ4n) is 3.47. The quantitative estimate of drug-likeness (QED) is 0.311. The molecule has 0 atom stereocenters. The van der Waals surface area contributed by atoms with Gasteiger partial charge >= 0.3 is 0 Å². The predicted molar refractivity (Wildman–Crippen MR) is 115 cm³/mol. The Hall–Kier alpha value is -2.08. The van der Waals surface area contributed by atoms with Crippen LogP contribution in [0.3, 0.4) is 0 Å². The van der Waals surface area contributed by atoms with E-state index in [9.17, 15) is 4.79 Å². The molecule has 156 valence electrons. The van der Waals surface area contributed by atoms with Crippen molar-refractivity contribution in [2.45, 2.75) is 51.0 Å². The van der Waals surface area contributed by atoms with Crippen LogP contribution in [0.2, 0.25) is 0 Å². The van der Waals surface area contributed by atoms with E-state index in [4.69, 9.17) is 4.74 Å². The second-order valence-electron chi connectivity index (χ2n) is 7.56. The molecular weight excluding hydrogens is 352 g/mol. The molecular formula is C22H36N4O2. The van der Waals surface area contributed by atoms with Gasteiger partial charge in [-0.05, 0) is 37.0 Å². The van der Waals surface area contributed by atoms with Gasteiger partial charge in [-0.1, -0.05) is 37.8 Å². The number of carbonyl (C=O) groups is 1. The molecule has 1 aliphatic rings. The van der Waals surface area contributed by atoms with Crippen LogP contribution in [0, 0.1) is 0 Å². The van der Waals surface area contributed by atoms with Crippen LogP contribution in [0.4, 0.5) is 0 Å². The predicted octanol–water partition coefficient (Wildman–Crippen LogP) is 2.84. The van der Waals surface area contributed by atoms with Crippen LogP contribution in [-0.4, -0.2) is 63.7 Å². The van der Waals surface area contributed by atoms with E-state index >= 15 is 0 Å². The number of hydrogen-bond acceptors (Lipinski definition) is 3. The second-order valence-corrected chi connectivity index (χ2v) is 7.56. The van der Waals surface area contributed by atoms with Gasteiger partial charge in [0.2, 0.25) is 0 Å². The van der Waals surface area contributed by atoms with Crippen molar-refractivity contribution < 1.29 is 9.53 Å². The Morgan fingerprint density at radius 3 is 2.54 bits per heavy atom. The van der Waals surface area contributed by atoms with Gasteiger partial charge in [-0.15, -0.1) is 0 Å². The maximum atomic E-state index is 12.1. The molecule has 0 spiro atoms. The van der Waals surface area contributed by atoms with Crippen molar-refractivity contribution in [1.29, 1.82) is 0 Å². The SMILES string of the molecule is CN=C(NCCOC1CCCCCC1)NCCc1cccc(C(=O)N(C)C)c1. The van der Waals surface area contributed by atoms with Crippen molar-refractivity contribution in [2.75, 3.05) is 40.8 Å². The normalized spacial score (nSPS) is 15.8. The molecule has 0 heterocycles. The molecule has 1 saturated carbocycles. The van der Waals surface area contributed by atoms with Crippen molar-refractivity contribution in [1.82, 2.24) is 15.5 Å². The van der Waals surface area contributed by atoms with E-state index in [2.05, 4.69) is 15.6 Å². The first-order valence-corrected chi connectivity index (χ1v) is 10.5. The van der Waals surface area contributed by atoms with Crippen LogP contribution in [0.25, 0.3) is 0 Å². The zero-order chi connectivity index (χ0) is 20.2. The maximum Gasteiger partial charge on any atom is 0.253 e. The van der Waals surface area contributed by atoms with Crippen molar-refractivity contribution in [3.05, 3.63) is 35.4 Å². The highest BCUT2D eigenvalue weighted by Crippen LogP contribution is 2.19. The largest absolute Gasteiger partial charge is 0.376 e. The minimum atomic E-state index is 0.0287. The number of nitrogens with zero attached hydrogens (tertiary/aromatic N) is 2. The number of benzene rings is 1. The van der Waals surface area contributed by atoms with Gasteiger partial charge in [-0.25, -0.2) is 0 Å². The molecule has 1 aromatic carbocycles. The molecule has 2 N–H and O–H groups in total. The van der Waals surface area contributed by atoms with E-state index in [-0.39, 0.29) is 5.91 Å². The van der Waals surface area contributed by atoms with E-state index < -0.39 is 0 Å². The molecule has 0 unspecified atom stereocenters. The number of hydrogen-bond donors (Lipinski definition) is 2. The highest BCUT2D eigenvalue weighted by molar-refractivity contribution is 5.94. The summed E-state index contributed by atoms with van der Waals surface area (Å²) in [5.74, 6) is 0.811. The summed E-state index contributed by atoms with van der Waals surface area (Å²) in [6.07, 6.45) is 8.93. The van der Waals surface area contributed by atoms with E-state index in [0.717, 1.165) is 36.6 Å². The van der Waals surface area contributed by atoms with Crippen molar-refractivity contribution in [2.24, 2.45) is 4.99 Å². The van der Waals surface area contributed by atoms with E-state index in [1.807, 2.05) is 24.3 Å². The number of amides is 1. The van der Waals surface area contributed by atoms with E-state index in [0.29, 0.717) is 12.7 Å². The first kappa shape index (κ1) is 22.2. The van der Waals surface area contributed by atoms with Gasteiger partial charge in [-0.3, -0.25) is 9.79 Å². The maximum absolute atomic E-state index is 12.1. The summed E-state index contributed by atoms with van der Waals surface area (Å²) in [6, 6.07) is 7.80. The molecule has 0 aromatic heterocycles. The van der Waals surface area contributed by atoms with Crippen LogP contribution >= 0.6 is 0 Å². The molecule has 0 radical (unpaired) electrons. The summed E-state index contributed by atoms with van der Waals surface area (Å²) >= 11 is 0. The number of aliphatic imine (C=N–C) groups is 1. The zero-order valence-corrected chi connectivity index (χ0v) is 17.7.